The van der Waals surface area contributed by atoms with Gasteiger partial charge in [-0.3, -0.25) is 10.1 Å². The summed E-state index contributed by atoms with van der Waals surface area (Å²) >= 11 is 3.17. The van der Waals surface area contributed by atoms with Gasteiger partial charge in [0.25, 0.3) is 5.69 Å². The van der Waals surface area contributed by atoms with Gasteiger partial charge in [-0.15, -0.1) is 10.2 Å². The Bertz CT molecular complexity index is 498. The molecular formula is C8H4BrN3O3. The van der Waals surface area contributed by atoms with Crippen molar-refractivity contribution >= 4 is 21.6 Å². The molecule has 0 radical (unpaired) electrons. The van der Waals surface area contributed by atoms with Crippen LogP contribution in [0.25, 0.3) is 11.5 Å². The zero-order chi connectivity index (χ0) is 10.8. The summed E-state index contributed by atoms with van der Waals surface area (Å²) in [6, 6.07) is 4.44. The number of nitro benzene ring substituents is 1. The van der Waals surface area contributed by atoms with E-state index >= 15 is 0 Å². The molecule has 6 nitrogen and oxygen atoms in total. The second-order valence-corrected chi connectivity index (χ2v) is 3.61. The summed E-state index contributed by atoms with van der Waals surface area (Å²) in [4.78, 5) is 10.1. The van der Waals surface area contributed by atoms with Crippen LogP contribution in [0.5, 0.6) is 0 Å². The minimum Gasteiger partial charge on any atom is -0.423 e. The van der Waals surface area contributed by atoms with Gasteiger partial charge in [0, 0.05) is 22.2 Å². The zero-order valence-corrected chi connectivity index (χ0v) is 8.84. The summed E-state index contributed by atoms with van der Waals surface area (Å²) in [5.41, 5.74) is 0.478. The second-order valence-electron chi connectivity index (χ2n) is 2.70. The molecule has 7 heteroatoms. The summed E-state index contributed by atoms with van der Waals surface area (Å²) < 4.78 is 5.53. The molecule has 0 spiro atoms. The molecule has 2 aromatic rings. The van der Waals surface area contributed by atoms with Gasteiger partial charge >= 0.3 is 0 Å². The maximum atomic E-state index is 10.6. The number of hydrogen-bond acceptors (Lipinski definition) is 5. The zero-order valence-electron chi connectivity index (χ0n) is 7.25. The molecule has 1 heterocycles. The fourth-order valence-electron chi connectivity index (χ4n) is 1.10. The van der Waals surface area contributed by atoms with E-state index in [2.05, 4.69) is 26.1 Å². The van der Waals surface area contributed by atoms with Gasteiger partial charge in [-0.1, -0.05) is 15.9 Å². The van der Waals surface area contributed by atoms with Crippen LogP contribution in [0.2, 0.25) is 0 Å². The minimum absolute atomic E-state index is 0.0300. The molecule has 1 aromatic heterocycles. The molecule has 0 amide bonds. The molecule has 2 rings (SSSR count). The van der Waals surface area contributed by atoms with E-state index < -0.39 is 4.92 Å². The standard InChI is InChI=1S/C8H4BrN3O3/c9-6-1-5(8-11-10-4-15-8)2-7(3-6)12(13)14/h1-4H. The van der Waals surface area contributed by atoms with E-state index in [1.165, 1.54) is 18.5 Å². The Morgan fingerprint density at radius 3 is 2.80 bits per heavy atom. The van der Waals surface area contributed by atoms with Gasteiger partial charge < -0.3 is 4.42 Å². The van der Waals surface area contributed by atoms with Gasteiger partial charge in [0.1, 0.15) is 0 Å². The lowest BCUT2D eigenvalue weighted by Crippen LogP contribution is -1.89. The Kier molecular flexibility index (Phi) is 2.46. The van der Waals surface area contributed by atoms with Gasteiger partial charge in [0.15, 0.2) is 0 Å². The molecule has 0 aliphatic rings. The van der Waals surface area contributed by atoms with Crippen LogP contribution in [0.1, 0.15) is 0 Å². The molecule has 0 aliphatic carbocycles. The van der Waals surface area contributed by atoms with E-state index in [9.17, 15) is 10.1 Å². The number of aromatic nitrogens is 2. The average Bonchev–Trinajstić information content (AvgIpc) is 2.69. The SMILES string of the molecule is O=[N+]([O-])c1cc(Br)cc(-c2nnco2)c1. The van der Waals surface area contributed by atoms with Crippen LogP contribution < -0.4 is 0 Å². The first kappa shape index (κ1) is 9.78. The Morgan fingerprint density at radius 1 is 1.40 bits per heavy atom. The van der Waals surface area contributed by atoms with Gasteiger partial charge in [-0.2, -0.15) is 0 Å². The fourth-order valence-corrected chi connectivity index (χ4v) is 1.58. The van der Waals surface area contributed by atoms with Gasteiger partial charge in [-0.25, -0.2) is 0 Å². The summed E-state index contributed by atoms with van der Waals surface area (Å²) in [5, 5.41) is 17.8. The van der Waals surface area contributed by atoms with Gasteiger partial charge in [-0.05, 0) is 6.07 Å². The third-order valence-corrected chi connectivity index (χ3v) is 2.16. The molecule has 0 fully saturated rings. The van der Waals surface area contributed by atoms with Crippen molar-refractivity contribution in [2.75, 3.05) is 0 Å². The molecule has 0 saturated heterocycles. The first-order valence-electron chi connectivity index (χ1n) is 3.88. The Hall–Kier alpha value is -1.76. The van der Waals surface area contributed by atoms with E-state index in [0.29, 0.717) is 10.0 Å². The third kappa shape index (κ3) is 2.01. The number of nitrogens with zero attached hydrogens (tertiary/aromatic N) is 3. The highest BCUT2D eigenvalue weighted by atomic mass is 79.9. The van der Waals surface area contributed by atoms with Crippen LogP contribution in [0, 0.1) is 10.1 Å². The maximum Gasteiger partial charge on any atom is 0.271 e. The van der Waals surface area contributed by atoms with E-state index in [1.807, 2.05) is 0 Å². The molecule has 15 heavy (non-hydrogen) atoms. The first-order chi connectivity index (χ1) is 7.16. The molecule has 0 saturated carbocycles. The number of rotatable bonds is 2. The predicted octanol–water partition coefficient (Wildman–Crippen LogP) is 2.41. The Morgan fingerprint density at radius 2 is 2.20 bits per heavy atom. The fraction of sp³-hybridized carbons (Fsp3) is 0. The van der Waals surface area contributed by atoms with Crippen LogP contribution in [-0.4, -0.2) is 15.1 Å². The quantitative estimate of drug-likeness (QED) is 0.618. The third-order valence-electron chi connectivity index (χ3n) is 1.70. The van der Waals surface area contributed by atoms with E-state index in [1.54, 1.807) is 6.07 Å². The smallest absolute Gasteiger partial charge is 0.271 e. The summed E-state index contributed by atoms with van der Waals surface area (Å²) in [6.45, 7) is 0. The number of halogens is 1. The van der Waals surface area contributed by atoms with Crippen molar-refractivity contribution in [2.24, 2.45) is 0 Å². The van der Waals surface area contributed by atoms with E-state index in [0.717, 1.165) is 0 Å². The number of nitro groups is 1. The number of hydrogen-bond donors (Lipinski definition) is 0. The van der Waals surface area contributed by atoms with Crippen molar-refractivity contribution in [1.82, 2.24) is 10.2 Å². The molecule has 76 valence electrons. The lowest BCUT2D eigenvalue weighted by Gasteiger charge is -1.97. The van der Waals surface area contributed by atoms with Crippen LogP contribution in [0.4, 0.5) is 5.69 Å². The summed E-state index contributed by atoms with van der Waals surface area (Å²) in [6.07, 6.45) is 1.17. The van der Waals surface area contributed by atoms with Gasteiger partial charge in [0.05, 0.1) is 4.92 Å². The molecule has 0 N–H and O–H groups in total. The van der Waals surface area contributed by atoms with Crippen molar-refractivity contribution in [3.63, 3.8) is 0 Å². The van der Waals surface area contributed by atoms with Crippen LogP contribution in [-0.2, 0) is 0 Å². The van der Waals surface area contributed by atoms with Crippen molar-refractivity contribution in [3.05, 3.63) is 39.2 Å². The van der Waals surface area contributed by atoms with Crippen molar-refractivity contribution in [3.8, 4) is 11.5 Å². The van der Waals surface area contributed by atoms with Crippen LogP contribution >= 0.6 is 15.9 Å². The van der Waals surface area contributed by atoms with Crippen molar-refractivity contribution in [2.45, 2.75) is 0 Å². The van der Waals surface area contributed by atoms with Crippen LogP contribution in [0.3, 0.4) is 0 Å². The second kappa shape index (κ2) is 3.77. The monoisotopic (exact) mass is 269 g/mol. The molecule has 0 unspecified atom stereocenters. The Labute approximate surface area is 92.2 Å². The predicted molar refractivity (Wildman–Crippen MR) is 54.1 cm³/mol. The van der Waals surface area contributed by atoms with Crippen molar-refractivity contribution < 1.29 is 9.34 Å². The highest BCUT2D eigenvalue weighted by Gasteiger charge is 2.12. The lowest BCUT2D eigenvalue weighted by molar-refractivity contribution is -0.384. The van der Waals surface area contributed by atoms with E-state index in [-0.39, 0.29) is 11.6 Å². The number of non-ortho nitro benzene ring substituents is 1. The maximum absolute atomic E-state index is 10.6. The van der Waals surface area contributed by atoms with Crippen LogP contribution in [0.15, 0.2) is 33.5 Å². The molecular weight excluding hydrogens is 266 g/mol. The molecule has 1 aromatic carbocycles. The largest absolute Gasteiger partial charge is 0.423 e. The molecule has 0 atom stereocenters. The topological polar surface area (TPSA) is 82.1 Å². The summed E-state index contributed by atoms with van der Waals surface area (Å²) in [7, 11) is 0. The lowest BCUT2D eigenvalue weighted by atomic mass is 10.2. The van der Waals surface area contributed by atoms with E-state index in [4.69, 9.17) is 4.42 Å². The Balaban J connectivity index is 2.54. The molecule has 0 bridgehead atoms. The highest BCUT2D eigenvalue weighted by molar-refractivity contribution is 9.10. The van der Waals surface area contributed by atoms with Crippen molar-refractivity contribution in [1.29, 1.82) is 0 Å². The molecule has 0 aliphatic heterocycles. The number of benzene rings is 1. The van der Waals surface area contributed by atoms with Gasteiger partial charge in [0.2, 0.25) is 12.3 Å². The highest BCUT2D eigenvalue weighted by Crippen LogP contribution is 2.27. The summed E-state index contributed by atoms with van der Waals surface area (Å²) in [5.74, 6) is 0.249. The average molecular weight is 270 g/mol. The minimum atomic E-state index is -0.482. The first-order valence-corrected chi connectivity index (χ1v) is 4.67. The normalized spacial score (nSPS) is 10.2.